The van der Waals surface area contributed by atoms with Crippen molar-refractivity contribution in [2.24, 2.45) is 16.7 Å². The molecule has 1 spiro atoms. The molecule has 0 aromatic carbocycles. The Bertz CT molecular complexity index is 667. The summed E-state index contributed by atoms with van der Waals surface area (Å²) in [6.45, 7) is 3.15. The fourth-order valence-electron chi connectivity index (χ4n) is 4.77. The molecule has 0 amide bonds. The average Bonchev–Trinajstić information content (AvgIpc) is 2.87. The second kappa shape index (κ2) is 3.60. The monoisotopic (exact) mass is 308 g/mol. The van der Waals surface area contributed by atoms with E-state index in [2.05, 4.69) is 0 Å². The molecule has 7 heteroatoms. The number of aliphatic hydroxyl groups excluding tert-OH is 1. The van der Waals surface area contributed by atoms with Gasteiger partial charge >= 0.3 is 11.9 Å². The van der Waals surface area contributed by atoms with Gasteiger partial charge in [-0.3, -0.25) is 4.79 Å². The largest absolute Gasteiger partial charge is 0.462 e. The predicted molar refractivity (Wildman–Crippen MR) is 69.2 cm³/mol. The van der Waals surface area contributed by atoms with E-state index in [-0.39, 0.29) is 18.8 Å². The summed E-state index contributed by atoms with van der Waals surface area (Å²) in [5, 5.41) is 21.4. The van der Waals surface area contributed by atoms with Crippen LogP contribution in [0.25, 0.3) is 0 Å². The van der Waals surface area contributed by atoms with Crippen molar-refractivity contribution in [2.45, 2.75) is 38.1 Å². The maximum Gasteiger partial charge on any atom is 0.343 e. The predicted octanol–water partition coefficient (Wildman–Crippen LogP) is -0.898. The molecule has 22 heavy (non-hydrogen) atoms. The van der Waals surface area contributed by atoms with Gasteiger partial charge in [0.25, 0.3) is 0 Å². The molecule has 2 heterocycles. The highest BCUT2D eigenvalue weighted by molar-refractivity contribution is 6.00. The minimum absolute atomic E-state index is 0.0276. The van der Waals surface area contributed by atoms with Gasteiger partial charge in [0.1, 0.15) is 12.7 Å². The number of hydrogen-bond acceptors (Lipinski definition) is 7. The Balaban J connectivity index is 2.02. The van der Waals surface area contributed by atoms with Gasteiger partial charge in [0, 0.05) is 17.8 Å². The SMILES string of the molecule is C[C@H]1C(=O)C=C2[C@]3(C)COC(=O)[C@]3(O)[C@H]3C[C@]21C(O)C(=O)O3. The Kier molecular flexibility index (Phi) is 2.27. The molecule has 6 atom stereocenters. The van der Waals surface area contributed by atoms with Crippen LogP contribution >= 0.6 is 0 Å². The van der Waals surface area contributed by atoms with Crippen LogP contribution in [0.5, 0.6) is 0 Å². The Labute approximate surface area is 125 Å². The minimum Gasteiger partial charge on any atom is -0.462 e. The molecule has 2 aliphatic heterocycles. The molecule has 118 valence electrons. The second-order valence-electron chi connectivity index (χ2n) is 6.93. The lowest BCUT2D eigenvalue weighted by Gasteiger charge is -2.57. The van der Waals surface area contributed by atoms with E-state index in [1.807, 2.05) is 0 Å². The highest BCUT2D eigenvalue weighted by atomic mass is 16.6. The van der Waals surface area contributed by atoms with Gasteiger partial charge in [-0.2, -0.15) is 0 Å². The Morgan fingerprint density at radius 1 is 1.32 bits per heavy atom. The van der Waals surface area contributed by atoms with Crippen LogP contribution in [0.3, 0.4) is 0 Å². The molecule has 2 aliphatic carbocycles. The van der Waals surface area contributed by atoms with Gasteiger partial charge in [0.05, 0.1) is 5.41 Å². The zero-order valence-electron chi connectivity index (χ0n) is 12.2. The van der Waals surface area contributed by atoms with Crippen LogP contribution in [0.2, 0.25) is 0 Å². The van der Waals surface area contributed by atoms with Crippen LogP contribution in [-0.4, -0.2) is 52.4 Å². The average molecular weight is 308 g/mol. The highest BCUT2D eigenvalue weighted by Crippen LogP contribution is 2.66. The van der Waals surface area contributed by atoms with Gasteiger partial charge in [0.2, 0.25) is 5.60 Å². The van der Waals surface area contributed by atoms with Crippen LogP contribution in [0.1, 0.15) is 20.3 Å². The number of carbonyl (C=O) groups excluding carboxylic acids is 3. The van der Waals surface area contributed by atoms with Crippen molar-refractivity contribution in [1.82, 2.24) is 0 Å². The van der Waals surface area contributed by atoms with Crippen molar-refractivity contribution in [2.75, 3.05) is 6.61 Å². The third-order valence-electron chi connectivity index (χ3n) is 6.19. The summed E-state index contributed by atoms with van der Waals surface area (Å²) in [4.78, 5) is 36.5. The summed E-state index contributed by atoms with van der Waals surface area (Å²) < 4.78 is 10.2. The van der Waals surface area contributed by atoms with E-state index >= 15 is 0 Å². The van der Waals surface area contributed by atoms with Crippen LogP contribution in [-0.2, 0) is 23.9 Å². The molecule has 0 aromatic rings. The Morgan fingerprint density at radius 3 is 2.68 bits per heavy atom. The van der Waals surface area contributed by atoms with Gasteiger partial charge in [0.15, 0.2) is 11.9 Å². The molecule has 7 nitrogen and oxygen atoms in total. The summed E-state index contributed by atoms with van der Waals surface area (Å²) in [7, 11) is 0. The van der Waals surface area contributed by atoms with Crippen LogP contribution < -0.4 is 0 Å². The highest BCUT2D eigenvalue weighted by Gasteiger charge is 2.78. The molecule has 3 fully saturated rings. The fraction of sp³-hybridized carbons (Fsp3) is 0.667. The molecule has 1 unspecified atom stereocenters. The first kappa shape index (κ1) is 13.9. The number of allylic oxidation sites excluding steroid dienone is 1. The zero-order valence-corrected chi connectivity index (χ0v) is 12.2. The Hall–Kier alpha value is -1.73. The third kappa shape index (κ3) is 1.10. The lowest BCUT2D eigenvalue weighted by Crippen LogP contribution is -2.71. The van der Waals surface area contributed by atoms with Crippen molar-refractivity contribution in [3.63, 3.8) is 0 Å². The van der Waals surface area contributed by atoms with Gasteiger partial charge in [-0.25, -0.2) is 9.59 Å². The number of ether oxygens (including phenoxy) is 2. The van der Waals surface area contributed by atoms with Crippen molar-refractivity contribution in [1.29, 1.82) is 0 Å². The molecule has 1 saturated carbocycles. The van der Waals surface area contributed by atoms with Crippen molar-refractivity contribution < 1.29 is 34.1 Å². The van der Waals surface area contributed by atoms with Gasteiger partial charge in [-0.1, -0.05) is 6.92 Å². The maximum atomic E-state index is 12.3. The molecular formula is C15H16O7. The first-order chi connectivity index (χ1) is 10.2. The zero-order chi connectivity index (χ0) is 16.1. The maximum absolute atomic E-state index is 12.3. The lowest BCUT2D eigenvalue weighted by molar-refractivity contribution is -0.232. The van der Waals surface area contributed by atoms with E-state index in [0.29, 0.717) is 5.57 Å². The number of esters is 2. The number of ketones is 1. The molecule has 2 bridgehead atoms. The van der Waals surface area contributed by atoms with Crippen LogP contribution in [0.4, 0.5) is 0 Å². The molecule has 0 radical (unpaired) electrons. The molecule has 2 N–H and O–H groups in total. The molecule has 2 saturated heterocycles. The lowest BCUT2D eigenvalue weighted by atomic mass is 9.49. The Morgan fingerprint density at radius 2 is 2.00 bits per heavy atom. The number of hydrogen-bond donors (Lipinski definition) is 2. The van der Waals surface area contributed by atoms with E-state index in [1.54, 1.807) is 13.8 Å². The fourth-order valence-corrected chi connectivity index (χ4v) is 4.77. The molecule has 4 aliphatic rings. The van der Waals surface area contributed by atoms with Crippen LogP contribution in [0.15, 0.2) is 11.6 Å². The minimum atomic E-state index is -2.03. The standard InChI is InChI=1S/C15H16O7/c1-6-7(16)3-8-13(2)5-21-12(19)15(13,20)9-4-14(6,8)10(17)11(18)22-9/h3,6,9-10,17,20H,4-5H2,1-2H3/t6-,9+,10?,13-,14+,15+/m0/s1. The normalized spacial score (nSPS) is 52.6. The number of cyclic esters (lactones) is 1. The number of fused-ring (bicyclic) bond motifs is 4. The van der Waals surface area contributed by atoms with E-state index < -0.39 is 46.5 Å². The summed E-state index contributed by atoms with van der Waals surface area (Å²) >= 11 is 0. The van der Waals surface area contributed by atoms with E-state index in [9.17, 15) is 24.6 Å². The van der Waals surface area contributed by atoms with Crippen molar-refractivity contribution in [3.8, 4) is 0 Å². The van der Waals surface area contributed by atoms with E-state index in [1.165, 1.54) is 6.08 Å². The summed E-state index contributed by atoms with van der Waals surface area (Å²) in [5.41, 5.74) is -3.94. The number of rotatable bonds is 0. The van der Waals surface area contributed by atoms with Gasteiger partial charge in [-0.05, 0) is 18.6 Å². The molecular weight excluding hydrogens is 292 g/mol. The topological polar surface area (TPSA) is 110 Å². The van der Waals surface area contributed by atoms with E-state index in [0.717, 1.165) is 0 Å². The first-order valence-corrected chi connectivity index (χ1v) is 7.24. The van der Waals surface area contributed by atoms with Gasteiger partial charge in [-0.15, -0.1) is 0 Å². The number of aliphatic hydroxyl groups is 2. The van der Waals surface area contributed by atoms with E-state index in [4.69, 9.17) is 9.47 Å². The third-order valence-corrected chi connectivity index (χ3v) is 6.19. The first-order valence-electron chi connectivity index (χ1n) is 7.24. The second-order valence-corrected chi connectivity index (χ2v) is 6.93. The summed E-state index contributed by atoms with van der Waals surface area (Å²) in [6.07, 6.45) is -1.24. The smallest absolute Gasteiger partial charge is 0.343 e. The summed E-state index contributed by atoms with van der Waals surface area (Å²) in [6, 6.07) is 0. The quantitative estimate of drug-likeness (QED) is 0.558. The van der Waals surface area contributed by atoms with Crippen molar-refractivity contribution >= 4 is 17.7 Å². The number of carbonyl (C=O) groups is 3. The summed E-state index contributed by atoms with van der Waals surface area (Å²) in [5.74, 6) is -2.62. The molecule has 4 rings (SSSR count). The van der Waals surface area contributed by atoms with Crippen LogP contribution in [0, 0.1) is 16.7 Å². The van der Waals surface area contributed by atoms with Gasteiger partial charge < -0.3 is 19.7 Å². The molecule has 0 aromatic heterocycles. The van der Waals surface area contributed by atoms with Crippen molar-refractivity contribution in [3.05, 3.63) is 11.6 Å².